The van der Waals surface area contributed by atoms with Crippen molar-refractivity contribution in [2.75, 3.05) is 5.75 Å². The molecule has 0 heterocycles. The van der Waals surface area contributed by atoms with Gasteiger partial charge in [0.1, 0.15) is 11.9 Å². The minimum absolute atomic E-state index is 0.0210. The van der Waals surface area contributed by atoms with E-state index in [1.165, 1.54) is 22.7 Å². The summed E-state index contributed by atoms with van der Waals surface area (Å²) in [5.74, 6) is -0.162. The summed E-state index contributed by atoms with van der Waals surface area (Å²) in [5.41, 5.74) is 1.32. The molecule has 0 saturated heterocycles. The second-order valence-corrected chi connectivity index (χ2v) is 8.58. The Hall–Kier alpha value is -2.05. The van der Waals surface area contributed by atoms with E-state index in [0.717, 1.165) is 12.0 Å². The maximum Gasteiger partial charge on any atom is 0.242 e. The highest BCUT2D eigenvalue weighted by Gasteiger charge is 2.27. The zero-order chi connectivity index (χ0) is 22.1. The van der Waals surface area contributed by atoms with Crippen LogP contribution < -0.4 is 5.32 Å². The first-order valence-electron chi connectivity index (χ1n) is 9.97. The topological polar surface area (TPSA) is 49.4 Å². The molecule has 0 aromatic heterocycles. The van der Waals surface area contributed by atoms with Gasteiger partial charge in [-0.05, 0) is 43.5 Å². The maximum atomic E-state index is 13.8. The van der Waals surface area contributed by atoms with Crippen LogP contribution in [-0.4, -0.2) is 34.6 Å². The highest BCUT2D eigenvalue weighted by Crippen LogP contribution is 2.21. The Kier molecular flexibility index (Phi) is 9.66. The molecule has 162 valence electrons. The van der Waals surface area contributed by atoms with Gasteiger partial charge in [0.05, 0.1) is 5.75 Å². The number of amides is 2. The molecule has 0 bridgehead atoms. The summed E-state index contributed by atoms with van der Waals surface area (Å²) >= 11 is 7.60. The summed E-state index contributed by atoms with van der Waals surface area (Å²) < 4.78 is 13.8. The molecule has 2 atom stereocenters. The quantitative estimate of drug-likeness (QED) is 0.551. The Labute approximate surface area is 187 Å². The Morgan fingerprint density at radius 3 is 2.37 bits per heavy atom. The van der Waals surface area contributed by atoms with Crippen LogP contribution in [0.3, 0.4) is 0 Å². The van der Waals surface area contributed by atoms with Crippen LogP contribution in [0.2, 0.25) is 5.02 Å². The zero-order valence-corrected chi connectivity index (χ0v) is 19.1. The van der Waals surface area contributed by atoms with Crippen LogP contribution in [0.5, 0.6) is 0 Å². The molecule has 4 nitrogen and oxygen atoms in total. The summed E-state index contributed by atoms with van der Waals surface area (Å²) in [7, 11) is 0. The molecule has 2 unspecified atom stereocenters. The minimum Gasteiger partial charge on any atom is -0.352 e. The van der Waals surface area contributed by atoms with Gasteiger partial charge in [0.25, 0.3) is 0 Å². The molecule has 30 heavy (non-hydrogen) atoms. The van der Waals surface area contributed by atoms with E-state index >= 15 is 0 Å². The molecule has 0 radical (unpaired) electrons. The lowest BCUT2D eigenvalue weighted by atomic mass is 10.1. The van der Waals surface area contributed by atoms with Crippen molar-refractivity contribution in [3.05, 3.63) is 70.5 Å². The monoisotopic (exact) mass is 450 g/mol. The van der Waals surface area contributed by atoms with E-state index < -0.39 is 6.04 Å². The maximum absolute atomic E-state index is 13.8. The fourth-order valence-corrected chi connectivity index (χ4v) is 3.90. The lowest BCUT2D eigenvalue weighted by molar-refractivity contribution is -0.138. The second-order valence-electron chi connectivity index (χ2n) is 7.19. The number of nitrogens with zero attached hydrogens (tertiary/aromatic N) is 1. The van der Waals surface area contributed by atoms with Gasteiger partial charge in [0.2, 0.25) is 11.8 Å². The summed E-state index contributed by atoms with van der Waals surface area (Å²) in [4.78, 5) is 27.2. The molecule has 0 aliphatic heterocycles. The van der Waals surface area contributed by atoms with E-state index in [1.807, 2.05) is 32.0 Å². The second kappa shape index (κ2) is 12.0. The van der Waals surface area contributed by atoms with Crippen LogP contribution in [0, 0.1) is 5.82 Å². The number of thioether (sulfide) groups is 1. The van der Waals surface area contributed by atoms with Crippen molar-refractivity contribution in [2.24, 2.45) is 0 Å². The molecule has 2 rings (SSSR count). The number of carbonyl (C=O) groups is 2. The predicted octanol–water partition coefficient (Wildman–Crippen LogP) is 5.04. The van der Waals surface area contributed by atoms with E-state index in [4.69, 9.17) is 11.6 Å². The predicted molar refractivity (Wildman–Crippen MR) is 122 cm³/mol. The highest BCUT2D eigenvalue weighted by molar-refractivity contribution is 7.99. The number of hydrogen-bond donors (Lipinski definition) is 1. The van der Waals surface area contributed by atoms with Gasteiger partial charge in [0, 0.05) is 23.4 Å². The van der Waals surface area contributed by atoms with Crippen LogP contribution in [0.1, 0.15) is 38.3 Å². The van der Waals surface area contributed by atoms with Crippen molar-refractivity contribution in [1.29, 1.82) is 0 Å². The molecular weight excluding hydrogens is 423 g/mol. The Morgan fingerprint density at radius 1 is 1.10 bits per heavy atom. The number of benzene rings is 2. The van der Waals surface area contributed by atoms with Gasteiger partial charge in [-0.15, -0.1) is 11.8 Å². The van der Waals surface area contributed by atoms with Crippen LogP contribution in [0.15, 0.2) is 48.5 Å². The minimum atomic E-state index is -0.656. The zero-order valence-electron chi connectivity index (χ0n) is 17.5. The lowest BCUT2D eigenvalue weighted by Crippen LogP contribution is -2.50. The molecule has 1 N–H and O–H groups in total. The number of carbonyl (C=O) groups excluding carboxylic acids is 2. The number of rotatable bonds is 10. The standard InChI is InChI=1S/C23H28ClFN2O2S/c1-4-16(2)26-23(29)17(3)27(13-18-9-5-7-11-20(18)24)22(28)15-30-14-19-10-6-8-12-21(19)25/h5-12,16-17H,4,13-15H2,1-3H3,(H,26,29). The first-order chi connectivity index (χ1) is 14.3. The van der Waals surface area contributed by atoms with Crippen molar-refractivity contribution in [2.45, 2.75) is 51.6 Å². The fraction of sp³-hybridized carbons (Fsp3) is 0.391. The first kappa shape index (κ1) is 24.2. The molecule has 2 aromatic rings. The van der Waals surface area contributed by atoms with Crippen LogP contribution >= 0.6 is 23.4 Å². The average Bonchev–Trinajstić information content (AvgIpc) is 2.73. The summed E-state index contributed by atoms with van der Waals surface area (Å²) in [6.07, 6.45) is 0.801. The normalized spacial score (nSPS) is 12.8. The third-order valence-electron chi connectivity index (χ3n) is 4.91. The van der Waals surface area contributed by atoms with Crippen molar-refractivity contribution in [1.82, 2.24) is 10.2 Å². The highest BCUT2D eigenvalue weighted by atomic mass is 35.5. The van der Waals surface area contributed by atoms with Gasteiger partial charge in [-0.3, -0.25) is 9.59 Å². The SMILES string of the molecule is CCC(C)NC(=O)C(C)N(Cc1ccccc1Cl)C(=O)CSCc1ccccc1F. The Balaban J connectivity index is 2.10. The molecule has 0 aliphatic rings. The molecule has 0 fully saturated rings. The van der Waals surface area contributed by atoms with Gasteiger partial charge in [0.15, 0.2) is 0 Å². The van der Waals surface area contributed by atoms with Crippen LogP contribution in [-0.2, 0) is 21.9 Å². The molecule has 0 saturated carbocycles. The van der Waals surface area contributed by atoms with E-state index in [-0.39, 0.29) is 36.0 Å². The van der Waals surface area contributed by atoms with Gasteiger partial charge in [-0.25, -0.2) is 4.39 Å². The number of hydrogen-bond acceptors (Lipinski definition) is 3. The van der Waals surface area contributed by atoms with Crippen LogP contribution in [0.4, 0.5) is 4.39 Å². The Morgan fingerprint density at radius 2 is 1.73 bits per heavy atom. The third-order valence-corrected chi connectivity index (χ3v) is 6.24. The van der Waals surface area contributed by atoms with Gasteiger partial charge >= 0.3 is 0 Å². The van der Waals surface area contributed by atoms with Crippen molar-refractivity contribution < 1.29 is 14.0 Å². The van der Waals surface area contributed by atoms with Gasteiger partial charge in [-0.2, -0.15) is 0 Å². The summed E-state index contributed by atoms with van der Waals surface area (Å²) in [6, 6.07) is 13.2. The fourth-order valence-electron chi connectivity index (χ4n) is 2.80. The van der Waals surface area contributed by atoms with E-state index in [0.29, 0.717) is 16.3 Å². The summed E-state index contributed by atoms with van der Waals surface area (Å²) in [5, 5.41) is 3.48. The van der Waals surface area contributed by atoms with Gasteiger partial charge in [-0.1, -0.05) is 54.9 Å². The molecular formula is C23H28ClFN2O2S. The third kappa shape index (κ3) is 7.03. The first-order valence-corrected chi connectivity index (χ1v) is 11.5. The van der Waals surface area contributed by atoms with Gasteiger partial charge < -0.3 is 10.2 Å². The lowest BCUT2D eigenvalue weighted by Gasteiger charge is -2.30. The number of nitrogens with one attached hydrogen (secondary N) is 1. The number of halogens is 2. The summed E-state index contributed by atoms with van der Waals surface area (Å²) in [6.45, 7) is 5.86. The Bertz CT molecular complexity index is 865. The molecule has 2 amide bonds. The van der Waals surface area contributed by atoms with E-state index in [9.17, 15) is 14.0 Å². The van der Waals surface area contributed by atoms with E-state index in [1.54, 1.807) is 31.2 Å². The van der Waals surface area contributed by atoms with Crippen molar-refractivity contribution >= 4 is 35.2 Å². The molecule has 2 aromatic carbocycles. The van der Waals surface area contributed by atoms with Crippen LogP contribution in [0.25, 0.3) is 0 Å². The largest absolute Gasteiger partial charge is 0.352 e. The van der Waals surface area contributed by atoms with E-state index in [2.05, 4.69) is 5.32 Å². The average molecular weight is 451 g/mol. The molecule has 7 heteroatoms. The van der Waals surface area contributed by atoms with Crippen molar-refractivity contribution in [3.63, 3.8) is 0 Å². The molecule has 0 aliphatic carbocycles. The molecule has 0 spiro atoms. The smallest absolute Gasteiger partial charge is 0.242 e. The van der Waals surface area contributed by atoms with Crippen molar-refractivity contribution in [3.8, 4) is 0 Å².